The summed E-state index contributed by atoms with van der Waals surface area (Å²) in [6.45, 7) is 6.80. The van der Waals surface area contributed by atoms with Crippen LogP contribution in [-0.4, -0.2) is 153 Å². The Bertz CT molecular complexity index is 723. The van der Waals surface area contributed by atoms with Crippen molar-refractivity contribution in [3.05, 3.63) is 34.9 Å². The molecule has 12 nitrogen and oxygen atoms in total. The Balaban J connectivity index is 3.56. The van der Waals surface area contributed by atoms with Gasteiger partial charge in [0, 0.05) is 95.2 Å². The second kappa shape index (κ2) is 20.3. The van der Waals surface area contributed by atoms with E-state index in [4.69, 9.17) is 0 Å². The highest BCUT2D eigenvalue weighted by atomic mass is 16.2. The number of hydrogen-bond acceptors (Lipinski definition) is 9. The summed E-state index contributed by atoms with van der Waals surface area (Å²) >= 11 is 0. The van der Waals surface area contributed by atoms with Crippen LogP contribution in [0.4, 0.5) is 0 Å². The highest BCUT2D eigenvalue weighted by Gasteiger charge is 2.24. The number of nitrogens with one attached hydrogen (secondary N) is 6. The minimum atomic E-state index is -0.210. The third-order valence-corrected chi connectivity index (χ3v) is 6.33. The minimum absolute atomic E-state index is 0.210. The maximum Gasteiger partial charge on any atom is 0.253 e. The van der Waals surface area contributed by atoms with E-state index in [2.05, 4.69) is 31.9 Å². The predicted octanol–water partition coefficient (Wildman–Crippen LogP) is -1.67. The lowest BCUT2D eigenvalue weighted by Gasteiger charge is -2.26. The van der Waals surface area contributed by atoms with Gasteiger partial charge in [-0.2, -0.15) is 0 Å². The molecular formula is C27H51N9O3. The molecule has 0 fully saturated rings. The number of carbonyl (C=O) groups excluding carboxylic acids is 3. The summed E-state index contributed by atoms with van der Waals surface area (Å²) in [4.78, 5) is 46.4. The molecule has 0 spiro atoms. The predicted molar refractivity (Wildman–Crippen MR) is 158 cm³/mol. The molecule has 0 bridgehead atoms. The molecule has 1 aromatic carbocycles. The number of hydrogen-bond donors (Lipinski definition) is 6. The number of rotatable bonds is 21. The number of benzene rings is 1. The van der Waals surface area contributed by atoms with Crippen molar-refractivity contribution in [3.8, 4) is 0 Å². The van der Waals surface area contributed by atoms with Crippen LogP contribution in [0.2, 0.25) is 0 Å². The van der Waals surface area contributed by atoms with E-state index >= 15 is 0 Å². The molecular weight excluding hydrogens is 498 g/mol. The average Bonchev–Trinajstić information content (AvgIpc) is 2.96. The molecule has 0 aliphatic heterocycles. The van der Waals surface area contributed by atoms with E-state index in [1.165, 1.54) is 0 Å². The van der Waals surface area contributed by atoms with Gasteiger partial charge in [0.25, 0.3) is 17.7 Å². The first-order chi connectivity index (χ1) is 18.9. The van der Waals surface area contributed by atoms with Crippen LogP contribution in [0.1, 0.15) is 31.1 Å². The number of amides is 3. The van der Waals surface area contributed by atoms with E-state index in [1.54, 1.807) is 32.9 Å². The Morgan fingerprint density at radius 1 is 0.436 bits per heavy atom. The van der Waals surface area contributed by atoms with Crippen molar-refractivity contribution in [2.75, 3.05) is 121 Å². The quantitative estimate of drug-likeness (QED) is 0.107. The highest BCUT2D eigenvalue weighted by Crippen LogP contribution is 2.17. The summed E-state index contributed by atoms with van der Waals surface area (Å²) in [5.41, 5.74) is 1.00. The maximum absolute atomic E-state index is 13.7. The topological polar surface area (TPSA) is 133 Å². The van der Waals surface area contributed by atoms with Crippen molar-refractivity contribution in [2.24, 2.45) is 0 Å². The van der Waals surface area contributed by atoms with Crippen LogP contribution in [0.25, 0.3) is 0 Å². The summed E-state index contributed by atoms with van der Waals surface area (Å²) < 4.78 is 0. The molecule has 0 saturated heterocycles. The van der Waals surface area contributed by atoms with Crippen molar-refractivity contribution in [2.45, 2.75) is 0 Å². The lowest BCUT2D eigenvalue weighted by molar-refractivity contribution is 0.0756. The summed E-state index contributed by atoms with van der Waals surface area (Å²) in [6, 6.07) is 4.89. The van der Waals surface area contributed by atoms with Crippen molar-refractivity contribution >= 4 is 17.7 Å². The summed E-state index contributed by atoms with van der Waals surface area (Å²) in [5.74, 6) is -0.630. The summed E-state index contributed by atoms with van der Waals surface area (Å²) in [7, 11) is 11.0. The Hall–Kier alpha value is -2.61. The molecule has 0 aromatic heterocycles. The van der Waals surface area contributed by atoms with Crippen molar-refractivity contribution in [1.29, 1.82) is 0 Å². The van der Waals surface area contributed by atoms with Crippen LogP contribution in [0, 0.1) is 0 Å². The number of likely N-dealkylation sites (N-methyl/N-ethyl adjacent to an activating group) is 6. The first kappa shape index (κ1) is 34.4. The minimum Gasteiger partial charge on any atom is -0.336 e. The fourth-order valence-corrected chi connectivity index (χ4v) is 3.97. The van der Waals surface area contributed by atoms with Crippen molar-refractivity contribution in [3.63, 3.8) is 0 Å². The zero-order valence-electron chi connectivity index (χ0n) is 24.8. The molecule has 0 radical (unpaired) electrons. The molecule has 6 N–H and O–H groups in total. The second-order valence-electron chi connectivity index (χ2n) is 9.30. The highest BCUT2D eigenvalue weighted by molar-refractivity contribution is 6.04. The van der Waals surface area contributed by atoms with Gasteiger partial charge in [-0.1, -0.05) is 0 Å². The van der Waals surface area contributed by atoms with E-state index in [0.717, 1.165) is 0 Å². The van der Waals surface area contributed by atoms with E-state index in [-0.39, 0.29) is 17.7 Å². The average molecular weight is 550 g/mol. The molecule has 0 unspecified atom stereocenters. The standard InChI is InChI=1S/C27H51N9O3/c1-28-7-13-34(14-8-29-2)25(37)22-19-23(26(38)35(15-9-30-3)16-10-31-4)21-24(20-22)27(39)36(17-11-32-5)18-12-33-6/h19-21,28-33H,7-18H2,1-6H3. The Kier molecular flexibility index (Phi) is 17.9. The molecule has 0 heterocycles. The van der Waals surface area contributed by atoms with E-state index in [0.29, 0.717) is 95.2 Å². The van der Waals surface area contributed by atoms with Gasteiger partial charge in [0.15, 0.2) is 0 Å². The molecule has 3 amide bonds. The zero-order valence-corrected chi connectivity index (χ0v) is 24.8. The van der Waals surface area contributed by atoms with Gasteiger partial charge in [-0.05, 0) is 60.5 Å². The Morgan fingerprint density at radius 3 is 0.769 bits per heavy atom. The van der Waals surface area contributed by atoms with Crippen LogP contribution >= 0.6 is 0 Å². The fourth-order valence-electron chi connectivity index (χ4n) is 3.97. The van der Waals surface area contributed by atoms with Gasteiger partial charge in [0.05, 0.1) is 0 Å². The maximum atomic E-state index is 13.7. The van der Waals surface area contributed by atoms with Gasteiger partial charge < -0.3 is 46.6 Å². The summed E-state index contributed by atoms with van der Waals surface area (Å²) in [6.07, 6.45) is 0. The molecule has 222 valence electrons. The molecule has 1 aromatic rings. The smallest absolute Gasteiger partial charge is 0.253 e. The van der Waals surface area contributed by atoms with Crippen LogP contribution < -0.4 is 31.9 Å². The molecule has 0 saturated carbocycles. The van der Waals surface area contributed by atoms with Crippen molar-refractivity contribution in [1.82, 2.24) is 46.6 Å². The molecule has 0 aliphatic carbocycles. The molecule has 1 rings (SSSR count). The molecule has 0 aliphatic rings. The monoisotopic (exact) mass is 549 g/mol. The SMILES string of the molecule is CNCCN(CCNC)C(=O)c1cc(C(=O)N(CCNC)CCNC)cc(C(=O)N(CCNC)CCNC)c1. The molecule has 0 atom stereocenters. The van der Waals surface area contributed by atoms with Gasteiger partial charge in [0.1, 0.15) is 0 Å². The molecule has 12 heteroatoms. The van der Waals surface area contributed by atoms with Gasteiger partial charge >= 0.3 is 0 Å². The Labute approximate surface area is 234 Å². The van der Waals surface area contributed by atoms with Crippen LogP contribution in [0.15, 0.2) is 18.2 Å². The van der Waals surface area contributed by atoms with Crippen molar-refractivity contribution < 1.29 is 14.4 Å². The van der Waals surface area contributed by atoms with E-state index < -0.39 is 0 Å². The van der Waals surface area contributed by atoms with Gasteiger partial charge in [-0.3, -0.25) is 14.4 Å². The normalized spacial score (nSPS) is 10.9. The van der Waals surface area contributed by atoms with Gasteiger partial charge in [0.2, 0.25) is 0 Å². The summed E-state index contributed by atoms with van der Waals surface area (Å²) in [5, 5.41) is 18.5. The van der Waals surface area contributed by atoms with Crippen LogP contribution in [0.5, 0.6) is 0 Å². The third-order valence-electron chi connectivity index (χ3n) is 6.33. The van der Waals surface area contributed by atoms with E-state index in [9.17, 15) is 14.4 Å². The fraction of sp³-hybridized carbons (Fsp3) is 0.667. The largest absolute Gasteiger partial charge is 0.336 e. The first-order valence-electron chi connectivity index (χ1n) is 13.8. The lowest BCUT2D eigenvalue weighted by atomic mass is 10.0. The third kappa shape index (κ3) is 12.0. The Morgan fingerprint density at radius 2 is 0.615 bits per heavy atom. The van der Waals surface area contributed by atoms with Crippen LogP contribution in [0.3, 0.4) is 0 Å². The van der Waals surface area contributed by atoms with E-state index in [1.807, 2.05) is 42.3 Å². The number of nitrogens with zero attached hydrogens (tertiary/aromatic N) is 3. The van der Waals surface area contributed by atoms with Gasteiger partial charge in [-0.25, -0.2) is 0 Å². The second-order valence-corrected chi connectivity index (χ2v) is 9.30. The van der Waals surface area contributed by atoms with Crippen LogP contribution in [-0.2, 0) is 0 Å². The van der Waals surface area contributed by atoms with Gasteiger partial charge in [-0.15, -0.1) is 0 Å². The first-order valence-corrected chi connectivity index (χ1v) is 13.8. The number of carbonyl (C=O) groups is 3. The lowest BCUT2D eigenvalue weighted by Crippen LogP contribution is -2.42. The zero-order chi connectivity index (χ0) is 29.0. The molecule has 39 heavy (non-hydrogen) atoms.